The first-order chi connectivity index (χ1) is 7.83. The van der Waals surface area contributed by atoms with Crippen LogP contribution in [-0.2, 0) is 4.74 Å². The minimum absolute atomic E-state index is 0.300. The number of halogens is 1. The molecule has 6 heteroatoms. The van der Waals surface area contributed by atoms with Gasteiger partial charge in [-0.05, 0) is 43.4 Å². The van der Waals surface area contributed by atoms with Crippen molar-refractivity contribution in [1.29, 1.82) is 0 Å². The standard InChI is InChI=1S/C11H18IN3O2/c1-11(2,3)17-10(16)15-5-4-14-9(7-15)8(12)6-13/h6H,4-5,7,13H2,1-3H3. The molecule has 2 N–H and O–H groups in total. The van der Waals surface area contributed by atoms with Crippen molar-refractivity contribution in [2.45, 2.75) is 26.4 Å². The maximum absolute atomic E-state index is 11.9. The van der Waals surface area contributed by atoms with Crippen LogP contribution in [0.1, 0.15) is 20.8 Å². The number of aliphatic imine (C=N–C) groups is 1. The molecule has 1 rings (SSSR count). The summed E-state index contributed by atoms with van der Waals surface area (Å²) in [6.07, 6.45) is 1.20. The summed E-state index contributed by atoms with van der Waals surface area (Å²) in [5.41, 5.74) is 5.81. The van der Waals surface area contributed by atoms with E-state index < -0.39 is 5.60 Å². The van der Waals surface area contributed by atoms with Gasteiger partial charge in [0.05, 0.1) is 22.4 Å². The first kappa shape index (κ1) is 14.3. The van der Waals surface area contributed by atoms with Gasteiger partial charge in [-0.2, -0.15) is 0 Å². The van der Waals surface area contributed by atoms with Crippen molar-refractivity contribution in [2.24, 2.45) is 10.7 Å². The number of ether oxygens (including phenoxy) is 1. The topological polar surface area (TPSA) is 67.9 Å². The van der Waals surface area contributed by atoms with Gasteiger partial charge in [0, 0.05) is 12.7 Å². The van der Waals surface area contributed by atoms with Crippen LogP contribution in [0.15, 0.2) is 14.8 Å². The zero-order valence-corrected chi connectivity index (χ0v) is 12.5. The molecule has 0 unspecified atom stereocenters. The molecule has 5 nitrogen and oxygen atoms in total. The van der Waals surface area contributed by atoms with Crippen molar-refractivity contribution in [2.75, 3.05) is 19.6 Å². The Balaban J connectivity index is 2.65. The lowest BCUT2D eigenvalue weighted by molar-refractivity contribution is 0.0278. The fourth-order valence-corrected chi connectivity index (χ4v) is 1.69. The van der Waals surface area contributed by atoms with Gasteiger partial charge >= 0.3 is 6.09 Å². The van der Waals surface area contributed by atoms with Gasteiger partial charge in [0.15, 0.2) is 0 Å². The van der Waals surface area contributed by atoms with Crippen LogP contribution in [0.3, 0.4) is 0 Å². The number of nitrogens with two attached hydrogens (primary N) is 1. The SMILES string of the molecule is CC(C)(C)OC(=O)N1CCN=C(C(I)=CN)C1. The summed E-state index contributed by atoms with van der Waals surface area (Å²) in [4.78, 5) is 17.9. The van der Waals surface area contributed by atoms with E-state index in [9.17, 15) is 4.79 Å². The third-order valence-corrected chi connectivity index (χ3v) is 3.07. The molecule has 17 heavy (non-hydrogen) atoms. The number of carbonyl (C=O) groups excluding carboxylic acids is 1. The summed E-state index contributed by atoms with van der Waals surface area (Å²) < 4.78 is 6.19. The van der Waals surface area contributed by atoms with Crippen molar-refractivity contribution in [3.63, 3.8) is 0 Å². The summed E-state index contributed by atoms with van der Waals surface area (Å²) in [5, 5.41) is 0. The number of rotatable bonds is 1. The summed E-state index contributed by atoms with van der Waals surface area (Å²) in [6, 6.07) is 0. The Morgan fingerprint density at radius 3 is 2.76 bits per heavy atom. The van der Waals surface area contributed by atoms with Crippen LogP contribution in [0.5, 0.6) is 0 Å². The van der Waals surface area contributed by atoms with Gasteiger partial charge in [0.25, 0.3) is 0 Å². The summed E-state index contributed by atoms with van der Waals surface area (Å²) in [5.74, 6) is 0. The van der Waals surface area contributed by atoms with E-state index in [1.807, 2.05) is 20.8 Å². The van der Waals surface area contributed by atoms with Crippen LogP contribution in [-0.4, -0.2) is 41.9 Å². The monoisotopic (exact) mass is 351 g/mol. The fourth-order valence-electron chi connectivity index (χ4n) is 1.35. The second kappa shape index (κ2) is 5.70. The van der Waals surface area contributed by atoms with Crippen molar-refractivity contribution < 1.29 is 9.53 Å². The molecule has 1 heterocycles. The molecule has 0 saturated heterocycles. The molecule has 1 aliphatic heterocycles. The van der Waals surface area contributed by atoms with E-state index in [4.69, 9.17) is 10.5 Å². The lowest BCUT2D eigenvalue weighted by Gasteiger charge is -2.29. The number of carbonyl (C=O) groups is 1. The molecule has 0 atom stereocenters. The largest absolute Gasteiger partial charge is 0.444 e. The molecule has 1 amide bonds. The third kappa shape index (κ3) is 4.53. The summed E-state index contributed by atoms with van der Waals surface area (Å²) in [7, 11) is 0. The van der Waals surface area contributed by atoms with Gasteiger partial charge in [0.1, 0.15) is 5.60 Å². The number of nitrogens with zero attached hydrogens (tertiary/aromatic N) is 2. The Morgan fingerprint density at radius 1 is 1.59 bits per heavy atom. The number of hydrogen-bond donors (Lipinski definition) is 1. The van der Waals surface area contributed by atoms with Gasteiger partial charge in [-0.25, -0.2) is 4.79 Å². The second-order valence-electron chi connectivity index (χ2n) is 4.74. The van der Waals surface area contributed by atoms with E-state index in [0.717, 1.165) is 9.29 Å². The average Bonchev–Trinajstić information content (AvgIpc) is 2.26. The van der Waals surface area contributed by atoms with Crippen LogP contribution in [0.4, 0.5) is 4.79 Å². The van der Waals surface area contributed by atoms with E-state index in [1.54, 1.807) is 4.90 Å². The van der Waals surface area contributed by atoms with E-state index in [-0.39, 0.29) is 6.09 Å². The Bertz CT molecular complexity index is 358. The molecule has 0 saturated carbocycles. The molecule has 96 valence electrons. The van der Waals surface area contributed by atoms with Crippen LogP contribution >= 0.6 is 22.6 Å². The molecule has 1 aliphatic rings. The van der Waals surface area contributed by atoms with Crippen LogP contribution in [0.25, 0.3) is 0 Å². The predicted octanol–water partition coefficient (Wildman–Crippen LogP) is 1.91. The van der Waals surface area contributed by atoms with Crippen molar-refractivity contribution >= 4 is 34.4 Å². The molecular weight excluding hydrogens is 333 g/mol. The van der Waals surface area contributed by atoms with Gasteiger partial charge in [-0.15, -0.1) is 0 Å². The lowest BCUT2D eigenvalue weighted by atomic mass is 10.2. The average molecular weight is 351 g/mol. The van der Waals surface area contributed by atoms with Crippen LogP contribution in [0, 0.1) is 0 Å². The normalized spacial score (nSPS) is 17.8. The van der Waals surface area contributed by atoms with Crippen LogP contribution in [0.2, 0.25) is 0 Å². The van der Waals surface area contributed by atoms with Crippen molar-refractivity contribution in [3.05, 3.63) is 9.78 Å². The Kier molecular flexibility index (Phi) is 4.79. The minimum Gasteiger partial charge on any atom is -0.444 e. The first-order valence-electron chi connectivity index (χ1n) is 5.42. The molecule has 0 aromatic heterocycles. The Morgan fingerprint density at radius 2 is 2.24 bits per heavy atom. The van der Waals surface area contributed by atoms with E-state index in [2.05, 4.69) is 27.6 Å². The Labute approximate surface area is 115 Å². The van der Waals surface area contributed by atoms with E-state index in [0.29, 0.717) is 19.6 Å². The molecule has 0 fully saturated rings. The smallest absolute Gasteiger partial charge is 0.410 e. The lowest BCUT2D eigenvalue weighted by Crippen LogP contribution is -2.43. The van der Waals surface area contributed by atoms with Crippen LogP contribution < -0.4 is 5.73 Å². The zero-order chi connectivity index (χ0) is 13.1. The van der Waals surface area contributed by atoms with Gasteiger partial charge in [-0.3, -0.25) is 4.99 Å². The first-order valence-corrected chi connectivity index (χ1v) is 6.50. The zero-order valence-electron chi connectivity index (χ0n) is 10.4. The maximum Gasteiger partial charge on any atom is 0.410 e. The molecule has 0 radical (unpaired) electrons. The molecule has 0 aromatic carbocycles. The molecule has 0 bridgehead atoms. The minimum atomic E-state index is -0.470. The highest BCUT2D eigenvalue weighted by molar-refractivity contribution is 14.1. The number of hydrogen-bond acceptors (Lipinski definition) is 4. The maximum atomic E-state index is 11.9. The number of amides is 1. The van der Waals surface area contributed by atoms with Crippen molar-refractivity contribution in [1.82, 2.24) is 4.90 Å². The molecule has 0 spiro atoms. The summed E-state index contributed by atoms with van der Waals surface area (Å²) >= 11 is 2.11. The summed E-state index contributed by atoms with van der Waals surface area (Å²) in [6.45, 7) is 7.21. The van der Waals surface area contributed by atoms with E-state index in [1.165, 1.54) is 6.20 Å². The van der Waals surface area contributed by atoms with Crippen molar-refractivity contribution in [3.8, 4) is 0 Å². The second-order valence-corrected chi connectivity index (χ2v) is 5.91. The highest BCUT2D eigenvalue weighted by Gasteiger charge is 2.25. The molecule has 0 aromatic rings. The molecule has 0 aliphatic carbocycles. The highest BCUT2D eigenvalue weighted by atomic mass is 127. The highest BCUT2D eigenvalue weighted by Crippen LogP contribution is 2.15. The van der Waals surface area contributed by atoms with E-state index >= 15 is 0 Å². The third-order valence-electron chi connectivity index (χ3n) is 2.09. The predicted molar refractivity (Wildman–Crippen MR) is 76.4 cm³/mol. The van der Waals surface area contributed by atoms with Gasteiger partial charge < -0.3 is 15.4 Å². The quantitative estimate of drug-likeness (QED) is 0.734. The Hall–Kier alpha value is -0.790. The van der Waals surface area contributed by atoms with Gasteiger partial charge in [0.2, 0.25) is 0 Å². The molecular formula is C11H18IN3O2. The van der Waals surface area contributed by atoms with Gasteiger partial charge in [-0.1, -0.05) is 0 Å². The fraction of sp³-hybridized carbons (Fsp3) is 0.636.